The summed E-state index contributed by atoms with van der Waals surface area (Å²) in [6.45, 7) is 5.31. The Morgan fingerprint density at radius 3 is 2.49 bits per heavy atom. The first-order chi connectivity index (χ1) is 17.1. The van der Waals surface area contributed by atoms with E-state index in [9.17, 15) is 4.79 Å². The lowest BCUT2D eigenvalue weighted by molar-refractivity contribution is -0.118. The van der Waals surface area contributed by atoms with E-state index in [2.05, 4.69) is 20.7 Å². The first kappa shape index (κ1) is 24.2. The summed E-state index contributed by atoms with van der Waals surface area (Å²) in [5, 5.41) is 13.4. The van der Waals surface area contributed by atoms with Gasteiger partial charge >= 0.3 is 0 Å². The summed E-state index contributed by atoms with van der Waals surface area (Å²) in [4.78, 5) is 12.3. The Hall–Kier alpha value is -3.91. The van der Waals surface area contributed by atoms with Crippen LogP contribution in [0, 0.1) is 6.92 Å². The molecular formula is C27H27N5O2S. The molecule has 0 radical (unpaired) electrons. The Morgan fingerprint density at radius 2 is 1.77 bits per heavy atom. The second-order valence-electron chi connectivity index (χ2n) is 7.84. The largest absolute Gasteiger partial charge is 0.489 e. The van der Waals surface area contributed by atoms with Gasteiger partial charge in [-0.2, -0.15) is 5.10 Å². The molecule has 1 N–H and O–H groups in total. The summed E-state index contributed by atoms with van der Waals surface area (Å²) < 4.78 is 7.79. The van der Waals surface area contributed by atoms with E-state index in [1.165, 1.54) is 17.3 Å². The molecule has 7 nitrogen and oxygen atoms in total. The number of carbonyl (C=O) groups excluding carboxylic acids is 1. The predicted molar refractivity (Wildman–Crippen MR) is 140 cm³/mol. The van der Waals surface area contributed by atoms with Crippen molar-refractivity contribution in [1.29, 1.82) is 0 Å². The van der Waals surface area contributed by atoms with Crippen LogP contribution in [-0.2, 0) is 17.9 Å². The molecule has 0 unspecified atom stereocenters. The van der Waals surface area contributed by atoms with E-state index >= 15 is 0 Å². The lowest BCUT2D eigenvalue weighted by atomic mass is 10.1. The molecule has 1 amide bonds. The first-order valence-electron chi connectivity index (χ1n) is 11.3. The van der Waals surface area contributed by atoms with Gasteiger partial charge in [0.1, 0.15) is 12.4 Å². The second-order valence-corrected chi connectivity index (χ2v) is 8.78. The van der Waals surface area contributed by atoms with Gasteiger partial charge in [0.2, 0.25) is 0 Å². The Kier molecular flexibility index (Phi) is 8.30. The third kappa shape index (κ3) is 6.80. The molecule has 178 valence electrons. The van der Waals surface area contributed by atoms with Crippen molar-refractivity contribution in [2.24, 2.45) is 5.10 Å². The molecule has 4 aromatic rings. The molecule has 0 saturated carbocycles. The number of hydrazone groups is 1. The molecule has 8 heteroatoms. The molecule has 1 aromatic heterocycles. The van der Waals surface area contributed by atoms with Gasteiger partial charge in [0, 0.05) is 12.1 Å². The molecule has 0 aliphatic carbocycles. The van der Waals surface area contributed by atoms with Gasteiger partial charge in [0.25, 0.3) is 5.91 Å². The average molecular weight is 486 g/mol. The SMILES string of the molecule is CCn1c(SCC(=O)N/N=C/c2ccc(OCc3ccccc3)cc2)nnc1-c1ccc(C)cc1. The highest BCUT2D eigenvalue weighted by atomic mass is 32.2. The first-order valence-corrected chi connectivity index (χ1v) is 12.3. The van der Waals surface area contributed by atoms with Gasteiger partial charge in [-0.3, -0.25) is 4.79 Å². The van der Waals surface area contributed by atoms with Gasteiger partial charge < -0.3 is 9.30 Å². The molecule has 4 rings (SSSR count). The van der Waals surface area contributed by atoms with Gasteiger partial charge in [-0.25, -0.2) is 5.43 Å². The monoisotopic (exact) mass is 485 g/mol. The summed E-state index contributed by atoms with van der Waals surface area (Å²) in [6.07, 6.45) is 1.60. The standard InChI is InChI=1S/C27H27N5O2S/c1-3-32-26(23-13-9-20(2)10-14-23)30-31-27(32)35-19-25(33)29-28-17-21-11-15-24(16-12-21)34-18-22-7-5-4-6-8-22/h4-17H,3,18-19H2,1-2H3,(H,29,33)/b28-17+. The van der Waals surface area contributed by atoms with Crippen molar-refractivity contribution in [3.63, 3.8) is 0 Å². The topological polar surface area (TPSA) is 81.4 Å². The van der Waals surface area contributed by atoms with Gasteiger partial charge in [0.05, 0.1) is 12.0 Å². The highest BCUT2D eigenvalue weighted by Gasteiger charge is 2.14. The smallest absolute Gasteiger partial charge is 0.250 e. The molecule has 3 aromatic carbocycles. The molecule has 0 aliphatic rings. The summed E-state index contributed by atoms with van der Waals surface area (Å²) in [5.74, 6) is 1.55. The quantitative estimate of drug-likeness (QED) is 0.192. The zero-order valence-corrected chi connectivity index (χ0v) is 20.5. The summed E-state index contributed by atoms with van der Waals surface area (Å²) >= 11 is 1.34. The Morgan fingerprint density at radius 1 is 1.03 bits per heavy atom. The molecule has 0 saturated heterocycles. The third-order valence-electron chi connectivity index (χ3n) is 5.21. The van der Waals surface area contributed by atoms with Crippen molar-refractivity contribution < 1.29 is 9.53 Å². The van der Waals surface area contributed by atoms with Gasteiger partial charge in [-0.15, -0.1) is 10.2 Å². The number of thioether (sulfide) groups is 1. The van der Waals surface area contributed by atoms with Crippen molar-refractivity contribution in [3.05, 3.63) is 95.6 Å². The van der Waals surface area contributed by atoms with E-state index in [4.69, 9.17) is 4.74 Å². The number of carbonyl (C=O) groups is 1. The van der Waals surface area contributed by atoms with Crippen LogP contribution >= 0.6 is 11.8 Å². The maximum absolute atomic E-state index is 12.3. The molecule has 0 fully saturated rings. The van der Waals surface area contributed by atoms with E-state index in [1.54, 1.807) is 6.21 Å². The van der Waals surface area contributed by atoms with Crippen LogP contribution in [-0.4, -0.2) is 32.6 Å². The molecule has 0 atom stereocenters. The minimum absolute atomic E-state index is 0.190. The van der Waals surface area contributed by atoms with E-state index in [0.29, 0.717) is 18.3 Å². The van der Waals surface area contributed by atoms with Crippen molar-refractivity contribution in [2.75, 3.05) is 5.75 Å². The predicted octanol–water partition coefficient (Wildman–Crippen LogP) is 5.09. The van der Waals surface area contributed by atoms with Crippen LogP contribution in [0.25, 0.3) is 11.4 Å². The fraction of sp³-hybridized carbons (Fsp3) is 0.185. The summed E-state index contributed by atoms with van der Waals surface area (Å²) in [6, 6.07) is 25.7. The number of nitrogens with one attached hydrogen (secondary N) is 1. The maximum atomic E-state index is 12.3. The van der Waals surface area contributed by atoms with Gasteiger partial charge in [-0.1, -0.05) is 71.9 Å². The zero-order valence-electron chi connectivity index (χ0n) is 19.7. The Labute approximate surface area is 209 Å². The fourth-order valence-corrected chi connectivity index (χ4v) is 4.12. The van der Waals surface area contributed by atoms with Gasteiger partial charge in [-0.05, 0) is 49.2 Å². The lowest BCUT2D eigenvalue weighted by Gasteiger charge is -2.07. The maximum Gasteiger partial charge on any atom is 0.250 e. The van der Waals surface area contributed by atoms with Crippen LogP contribution in [0.2, 0.25) is 0 Å². The number of ether oxygens (including phenoxy) is 1. The molecule has 0 spiro atoms. The number of amides is 1. The van der Waals surface area contributed by atoms with Crippen LogP contribution in [0.4, 0.5) is 0 Å². The van der Waals surface area contributed by atoms with Crippen LogP contribution in [0.15, 0.2) is 89.1 Å². The highest BCUT2D eigenvalue weighted by Crippen LogP contribution is 2.24. The van der Waals surface area contributed by atoms with Crippen LogP contribution in [0.3, 0.4) is 0 Å². The van der Waals surface area contributed by atoms with E-state index < -0.39 is 0 Å². The van der Waals surface area contributed by atoms with Crippen LogP contribution < -0.4 is 10.2 Å². The number of benzene rings is 3. The molecule has 0 aliphatic heterocycles. The minimum atomic E-state index is -0.211. The summed E-state index contributed by atoms with van der Waals surface area (Å²) in [7, 11) is 0. The minimum Gasteiger partial charge on any atom is -0.489 e. The number of aryl methyl sites for hydroxylation is 1. The van der Waals surface area contributed by atoms with E-state index in [1.807, 2.05) is 97.3 Å². The average Bonchev–Trinajstić information content (AvgIpc) is 3.31. The number of rotatable bonds is 10. The zero-order chi connectivity index (χ0) is 24.5. The fourth-order valence-electron chi connectivity index (χ4n) is 3.33. The lowest BCUT2D eigenvalue weighted by Crippen LogP contribution is -2.20. The van der Waals surface area contributed by atoms with Crippen LogP contribution in [0.5, 0.6) is 5.75 Å². The molecule has 0 bridgehead atoms. The highest BCUT2D eigenvalue weighted by molar-refractivity contribution is 7.99. The van der Waals surface area contributed by atoms with Crippen molar-refractivity contribution in [1.82, 2.24) is 20.2 Å². The Bertz CT molecular complexity index is 1270. The second kappa shape index (κ2) is 12.0. The molecular weight excluding hydrogens is 458 g/mol. The molecule has 35 heavy (non-hydrogen) atoms. The number of nitrogens with zero attached hydrogens (tertiary/aromatic N) is 4. The van der Waals surface area contributed by atoms with Gasteiger partial charge in [0.15, 0.2) is 11.0 Å². The number of hydrogen-bond acceptors (Lipinski definition) is 6. The number of hydrogen-bond donors (Lipinski definition) is 1. The number of aromatic nitrogens is 3. The van der Waals surface area contributed by atoms with Crippen LogP contribution in [0.1, 0.15) is 23.6 Å². The normalized spacial score (nSPS) is 11.0. The van der Waals surface area contributed by atoms with Crippen molar-refractivity contribution in [2.45, 2.75) is 32.2 Å². The van der Waals surface area contributed by atoms with Crippen molar-refractivity contribution in [3.8, 4) is 17.1 Å². The third-order valence-corrected chi connectivity index (χ3v) is 6.17. The van der Waals surface area contributed by atoms with Crippen molar-refractivity contribution >= 4 is 23.9 Å². The molecule has 1 heterocycles. The summed E-state index contributed by atoms with van der Waals surface area (Å²) in [5.41, 5.74) is 6.73. The van der Waals surface area contributed by atoms with E-state index in [-0.39, 0.29) is 11.7 Å². The van der Waals surface area contributed by atoms with E-state index in [0.717, 1.165) is 28.3 Å². The Balaban J connectivity index is 1.25.